The lowest BCUT2D eigenvalue weighted by molar-refractivity contribution is 0.410. The summed E-state index contributed by atoms with van der Waals surface area (Å²) in [5.41, 5.74) is 0.492. The van der Waals surface area contributed by atoms with Crippen LogP contribution in [0.3, 0.4) is 0 Å². The predicted molar refractivity (Wildman–Crippen MR) is 74.9 cm³/mol. The fourth-order valence-electron chi connectivity index (χ4n) is 2.23. The van der Waals surface area contributed by atoms with Crippen molar-refractivity contribution in [3.8, 4) is 5.75 Å². The third-order valence-electron chi connectivity index (χ3n) is 3.42. The number of ether oxygens (including phenoxy) is 1. The molecule has 0 amide bonds. The third kappa shape index (κ3) is 2.88. The molecule has 1 N–H and O–H groups in total. The Morgan fingerprint density at radius 1 is 1.00 bits per heavy atom. The van der Waals surface area contributed by atoms with Crippen LogP contribution in [0.2, 0.25) is 0 Å². The Balaban J connectivity index is 2.52. The molecule has 0 aliphatic carbocycles. The van der Waals surface area contributed by atoms with Gasteiger partial charge in [-0.25, -0.2) is 13.2 Å². The van der Waals surface area contributed by atoms with Crippen LogP contribution in [0.25, 0.3) is 0 Å². The van der Waals surface area contributed by atoms with Gasteiger partial charge in [0.25, 0.3) is 0 Å². The first-order valence-electron chi connectivity index (χ1n) is 6.44. The summed E-state index contributed by atoms with van der Waals surface area (Å²) in [4.78, 5) is 0. The minimum absolute atomic E-state index is 0.0599. The van der Waals surface area contributed by atoms with Crippen LogP contribution in [0.5, 0.6) is 5.75 Å². The van der Waals surface area contributed by atoms with Crippen LogP contribution in [0.4, 0.5) is 13.2 Å². The van der Waals surface area contributed by atoms with E-state index in [9.17, 15) is 13.2 Å². The maximum Gasteiger partial charge on any atom is 0.164 e. The molecule has 0 aromatic heterocycles. The summed E-state index contributed by atoms with van der Waals surface area (Å²) in [5, 5.41) is 2.81. The molecule has 0 saturated heterocycles. The summed E-state index contributed by atoms with van der Waals surface area (Å²) in [5.74, 6) is -2.07. The van der Waals surface area contributed by atoms with Gasteiger partial charge in [0, 0.05) is 17.2 Å². The zero-order valence-electron chi connectivity index (χ0n) is 12.0. The Morgan fingerprint density at radius 3 is 2.24 bits per heavy atom. The number of hydrogen-bond donors (Lipinski definition) is 1. The average molecular weight is 295 g/mol. The van der Waals surface area contributed by atoms with Crippen LogP contribution in [0.1, 0.15) is 22.7 Å². The normalized spacial score (nSPS) is 12.3. The Bertz CT molecular complexity index is 658. The maximum absolute atomic E-state index is 14.1. The van der Waals surface area contributed by atoms with Gasteiger partial charge in [0.05, 0.1) is 13.2 Å². The quantitative estimate of drug-likeness (QED) is 0.928. The standard InChI is InChI=1S/C16H16F3NO/c1-9-4-6-12(15(19)14(9)18)16(20-2)11-7-5-10(21-3)8-13(11)17/h4-8,16,20H,1-3H3. The van der Waals surface area contributed by atoms with Gasteiger partial charge in [0.2, 0.25) is 0 Å². The summed E-state index contributed by atoms with van der Waals surface area (Å²) >= 11 is 0. The van der Waals surface area contributed by atoms with Crippen LogP contribution in [0, 0.1) is 24.4 Å². The minimum atomic E-state index is -0.968. The van der Waals surface area contributed by atoms with Crippen LogP contribution in [0.15, 0.2) is 30.3 Å². The lowest BCUT2D eigenvalue weighted by atomic mass is 9.96. The fourth-order valence-corrected chi connectivity index (χ4v) is 2.23. The van der Waals surface area contributed by atoms with E-state index in [1.165, 1.54) is 38.3 Å². The summed E-state index contributed by atoms with van der Waals surface area (Å²) in [7, 11) is 2.99. The van der Waals surface area contributed by atoms with Gasteiger partial charge in [0.15, 0.2) is 11.6 Å². The molecule has 112 valence electrons. The summed E-state index contributed by atoms with van der Waals surface area (Å²) in [6.45, 7) is 1.48. The number of aryl methyl sites for hydroxylation is 1. The number of methoxy groups -OCH3 is 1. The van der Waals surface area contributed by atoms with Crippen molar-refractivity contribution in [2.75, 3.05) is 14.2 Å². The Kier molecular flexibility index (Phi) is 4.53. The molecule has 21 heavy (non-hydrogen) atoms. The van der Waals surface area contributed by atoms with Gasteiger partial charge in [0.1, 0.15) is 11.6 Å². The lowest BCUT2D eigenvalue weighted by Gasteiger charge is -2.19. The van der Waals surface area contributed by atoms with Crippen molar-refractivity contribution in [2.24, 2.45) is 0 Å². The molecule has 0 aliphatic rings. The Morgan fingerprint density at radius 2 is 1.67 bits per heavy atom. The van der Waals surface area contributed by atoms with E-state index in [1.54, 1.807) is 13.1 Å². The topological polar surface area (TPSA) is 21.3 Å². The molecule has 1 atom stereocenters. The van der Waals surface area contributed by atoms with E-state index in [-0.39, 0.29) is 16.7 Å². The van der Waals surface area contributed by atoms with Crippen LogP contribution < -0.4 is 10.1 Å². The van der Waals surface area contributed by atoms with E-state index in [2.05, 4.69) is 5.32 Å². The second kappa shape index (κ2) is 6.18. The molecule has 0 bridgehead atoms. The molecule has 0 heterocycles. The highest BCUT2D eigenvalue weighted by molar-refractivity contribution is 5.38. The van der Waals surface area contributed by atoms with Crippen LogP contribution in [-0.2, 0) is 0 Å². The van der Waals surface area contributed by atoms with Crippen molar-refractivity contribution in [1.29, 1.82) is 0 Å². The number of rotatable bonds is 4. The van der Waals surface area contributed by atoms with Crippen molar-refractivity contribution >= 4 is 0 Å². The van der Waals surface area contributed by atoms with Gasteiger partial charge in [-0.05, 0) is 25.6 Å². The monoisotopic (exact) mass is 295 g/mol. The number of nitrogens with one attached hydrogen (secondary N) is 1. The predicted octanol–water partition coefficient (Wildman–Crippen LogP) is 3.73. The van der Waals surface area contributed by atoms with Crippen LogP contribution >= 0.6 is 0 Å². The van der Waals surface area contributed by atoms with Crippen molar-refractivity contribution in [3.05, 3.63) is 64.5 Å². The Labute approximate surface area is 121 Å². The molecular formula is C16H16F3NO. The minimum Gasteiger partial charge on any atom is -0.497 e. The van der Waals surface area contributed by atoms with Crippen molar-refractivity contribution in [1.82, 2.24) is 5.32 Å². The third-order valence-corrected chi connectivity index (χ3v) is 3.42. The number of halogens is 3. The van der Waals surface area contributed by atoms with E-state index in [0.717, 1.165) is 0 Å². The molecule has 2 aromatic carbocycles. The molecule has 1 unspecified atom stereocenters. The summed E-state index contributed by atoms with van der Waals surface area (Å²) < 4.78 is 46.9. The highest BCUT2D eigenvalue weighted by Gasteiger charge is 2.22. The van der Waals surface area contributed by atoms with Gasteiger partial charge in [-0.2, -0.15) is 0 Å². The fraction of sp³-hybridized carbons (Fsp3) is 0.250. The molecule has 5 heteroatoms. The molecule has 0 fully saturated rings. The molecule has 2 rings (SSSR count). The first kappa shape index (κ1) is 15.4. The van der Waals surface area contributed by atoms with Gasteiger partial charge >= 0.3 is 0 Å². The largest absolute Gasteiger partial charge is 0.497 e. The summed E-state index contributed by atoms with van der Waals surface area (Å²) in [6.07, 6.45) is 0. The SMILES string of the molecule is CNC(c1ccc(OC)cc1F)c1ccc(C)c(F)c1F. The second-order valence-electron chi connectivity index (χ2n) is 4.71. The van der Waals surface area contributed by atoms with Crippen LogP contribution in [-0.4, -0.2) is 14.2 Å². The zero-order valence-corrected chi connectivity index (χ0v) is 12.0. The lowest BCUT2D eigenvalue weighted by Crippen LogP contribution is -2.21. The first-order valence-corrected chi connectivity index (χ1v) is 6.44. The molecule has 0 radical (unpaired) electrons. The summed E-state index contributed by atoms with van der Waals surface area (Å²) in [6, 6.07) is 6.42. The number of benzene rings is 2. The molecule has 0 saturated carbocycles. The molecule has 0 spiro atoms. The molecule has 2 aromatic rings. The van der Waals surface area contributed by atoms with Gasteiger partial charge < -0.3 is 10.1 Å². The first-order chi connectivity index (χ1) is 9.99. The smallest absolute Gasteiger partial charge is 0.164 e. The van der Waals surface area contributed by atoms with Gasteiger partial charge in [-0.1, -0.05) is 18.2 Å². The molecule has 0 aliphatic heterocycles. The van der Waals surface area contributed by atoms with E-state index in [1.807, 2.05) is 0 Å². The van der Waals surface area contributed by atoms with E-state index < -0.39 is 23.5 Å². The van der Waals surface area contributed by atoms with Gasteiger partial charge in [-0.3, -0.25) is 0 Å². The molecular weight excluding hydrogens is 279 g/mol. The van der Waals surface area contributed by atoms with Crippen molar-refractivity contribution < 1.29 is 17.9 Å². The average Bonchev–Trinajstić information content (AvgIpc) is 2.49. The Hall–Kier alpha value is -2.01. The van der Waals surface area contributed by atoms with Crippen molar-refractivity contribution in [3.63, 3.8) is 0 Å². The zero-order chi connectivity index (χ0) is 15.6. The maximum atomic E-state index is 14.1. The highest BCUT2D eigenvalue weighted by atomic mass is 19.2. The van der Waals surface area contributed by atoms with E-state index >= 15 is 0 Å². The van der Waals surface area contributed by atoms with Gasteiger partial charge in [-0.15, -0.1) is 0 Å². The second-order valence-corrected chi connectivity index (χ2v) is 4.71. The van der Waals surface area contributed by atoms with Crippen molar-refractivity contribution in [2.45, 2.75) is 13.0 Å². The van der Waals surface area contributed by atoms with E-state index in [0.29, 0.717) is 5.75 Å². The molecule has 2 nitrogen and oxygen atoms in total. The van der Waals surface area contributed by atoms with E-state index in [4.69, 9.17) is 4.74 Å². The highest BCUT2D eigenvalue weighted by Crippen LogP contribution is 2.30. The number of hydrogen-bond acceptors (Lipinski definition) is 2.